The zero-order valence-electron chi connectivity index (χ0n) is 11.4. The number of amides is 2. The Labute approximate surface area is 118 Å². The second-order valence-electron chi connectivity index (χ2n) is 4.97. The summed E-state index contributed by atoms with van der Waals surface area (Å²) < 4.78 is 0. The predicted molar refractivity (Wildman–Crippen MR) is 81.6 cm³/mol. The van der Waals surface area contributed by atoms with E-state index >= 15 is 0 Å². The quantitative estimate of drug-likeness (QED) is 0.875. The first-order valence-corrected chi connectivity index (χ1v) is 7.64. The summed E-state index contributed by atoms with van der Waals surface area (Å²) in [5, 5.41) is 3.46. The van der Waals surface area contributed by atoms with E-state index in [1.165, 1.54) is 0 Å². The molecule has 4 nitrogen and oxygen atoms in total. The SMILES string of the molecule is CC1CN(C(=O)Nc2cccc(C(C)N)c2)CCS1. The van der Waals surface area contributed by atoms with E-state index in [0.29, 0.717) is 5.25 Å². The normalized spacial score (nSPS) is 21.0. The lowest BCUT2D eigenvalue weighted by Crippen LogP contribution is -2.43. The molecule has 1 fully saturated rings. The number of hydrogen-bond acceptors (Lipinski definition) is 3. The van der Waals surface area contributed by atoms with E-state index in [2.05, 4.69) is 12.2 Å². The standard InChI is InChI=1S/C14H21N3OS/c1-10-9-17(6-7-19-10)14(18)16-13-5-3-4-12(8-13)11(2)15/h3-5,8,10-11H,6-7,9,15H2,1-2H3,(H,16,18). The minimum Gasteiger partial charge on any atom is -0.324 e. The second kappa shape index (κ2) is 6.30. The van der Waals surface area contributed by atoms with Gasteiger partial charge in [-0.1, -0.05) is 19.1 Å². The number of thioether (sulfide) groups is 1. The van der Waals surface area contributed by atoms with Crippen LogP contribution in [0.2, 0.25) is 0 Å². The highest BCUT2D eigenvalue weighted by Crippen LogP contribution is 2.20. The van der Waals surface area contributed by atoms with Gasteiger partial charge in [0.2, 0.25) is 0 Å². The third kappa shape index (κ3) is 3.88. The lowest BCUT2D eigenvalue weighted by Gasteiger charge is -2.30. The summed E-state index contributed by atoms with van der Waals surface area (Å²) in [7, 11) is 0. The monoisotopic (exact) mass is 279 g/mol. The van der Waals surface area contributed by atoms with Gasteiger partial charge < -0.3 is 16.0 Å². The van der Waals surface area contributed by atoms with Crippen molar-refractivity contribution in [2.24, 2.45) is 5.73 Å². The average Bonchev–Trinajstić information content (AvgIpc) is 2.39. The summed E-state index contributed by atoms with van der Waals surface area (Å²) in [6.45, 7) is 5.71. The van der Waals surface area contributed by atoms with Crippen molar-refractivity contribution in [1.82, 2.24) is 4.90 Å². The Hall–Kier alpha value is -1.20. The molecule has 2 rings (SSSR count). The van der Waals surface area contributed by atoms with E-state index in [9.17, 15) is 4.79 Å². The summed E-state index contributed by atoms with van der Waals surface area (Å²) in [4.78, 5) is 14.0. The lowest BCUT2D eigenvalue weighted by atomic mass is 10.1. The van der Waals surface area contributed by atoms with Gasteiger partial charge in [-0.2, -0.15) is 11.8 Å². The minimum absolute atomic E-state index is 0.0195. The number of rotatable bonds is 2. The van der Waals surface area contributed by atoms with Gasteiger partial charge in [-0.05, 0) is 24.6 Å². The first kappa shape index (κ1) is 14.2. The van der Waals surface area contributed by atoms with Crippen LogP contribution in [0.15, 0.2) is 24.3 Å². The first-order valence-electron chi connectivity index (χ1n) is 6.59. The van der Waals surface area contributed by atoms with Crippen molar-refractivity contribution in [1.29, 1.82) is 0 Å². The molecule has 2 atom stereocenters. The molecule has 3 N–H and O–H groups in total. The van der Waals surface area contributed by atoms with Gasteiger partial charge in [0.1, 0.15) is 0 Å². The molecule has 1 aromatic carbocycles. The van der Waals surface area contributed by atoms with E-state index in [1.807, 2.05) is 47.9 Å². The summed E-state index contributed by atoms with van der Waals surface area (Å²) in [5.41, 5.74) is 7.69. The topological polar surface area (TPSA) is 58.4 Å². The molecule has 104 valence electrons. The zero-order valence-corrected chi connectivity index (χ0v) is 12.2. The number of nitrogens with zero attached hydrogens (tertiary/aromatic N) is 1. The van der Waals surface area contributed by atoms with Crippen molar-refractivity contribution in [2.75, 3.05) is 24.2 Å². The number of urea groups is 1. The fraction of sp³-hybridized carbons (Fsp3) is 0.500. The van der Waals surface area contributed by atoms with Gasteiger partial charge in [-0.15, -0.1) is 0 Å². The van der Waals surface area contributed by atoms with E-state index in [1.54, 1.807) is 0 Å². The van der Waals surface area contributed by atoms with E-state index in [-0.39, 0.29) is 12.1 Å². The van der Waals surface area contributed by atoms with Crippen molar-refractivity contribution in [3.63, 3.8) is 0 Å². The molecule has 19 heavy (non-hydrogen) atoms. The summed E-state index contributed by atoms with van der Waals surface area (Å²) in [6.07, 6.45) is 0. The summed E-state index contributed by atoms with van der Waals surface area (Å²) in [6, 6.07) is 7.68. The Bertz CT molecular complexity index is 450. The third-order valence-electron chi connectivity index (χ3n) is 3.19. The van der Waals surface area contributed by atoms with Crippen molar-refractivity contribution in [3.8, 4) is 0 Å². The van der Waals surface area contributed by atoms with Gasteiger partial charge in [0.25, 0.3) is 0 Å². The molecule has 1 saturated heterocycles. The number of nitrogens with one attached hydrogen (secondary N) is 1. The Balaban J connectivity index is 2.00. The van der Waals surface area contributed by atoms with Gasteiger partial charge in [0.15, 0.2) is 0 Å². The third-order valence-corrected chi connectivity index (χ3v) is 4.33. The van der Waals surface area contributed by atoms with Crippen molar-refractivity contribution in [2.45, 2.75) is 25.1 Å². The van der Waals surface area contributed by atoms with Crippen LogP contribution in [0.25, 0.3) is 0 Å². The van der Waals surface area contributed by atoms with Crippen molar-refractivity contribution < 1.29 is 4.79 Å². The minimum atomic E-state index is -0.0248. The molecule has 1 aromatic rings. The molecule has 0 spiro atoms. The van der Waals surface area contributed by atoms with Crippen LogP contribution in [0.4, 0.5) is 10.5 Å². The van der Waals surface area contributed by atoms with Gasteiger partial charge in [0, 0.05) is 35.8 Å². The summed E-state index contributed by atoms with van der Waals surface area (Å²) >= 11 is 1.91. The van der Waals surface area contributed by atoms with Crippen LogP contribution in [0.3, 0.4) is 0 Å². The lowest BCUT2D eigenvalue weighted by molar-refractivity contribution is 0.214. The van der Waals surface area contributed by atoms with Crippen LogP contribution in [-0.4, -0.2) is 35.0 Å². The maximum absolute atomic E-state index is 12.2. The molecule has 0 bridgehead atoms. The molecule has 0 aromatic heterocycles. The van der Waals surface area contributed by atoms with Crippen LogP contribution in [-0.2, 0) is 0 Å². The molecule has 0 radical (unpaired) electrons. The molecule has 0 saturated carbocycles. The van der Waals surface area contributed by atoms with E-state index in [4.69, 9.17) is 5.73 Å². The highest BCUT2D eigenvalue weighted by atomic mass is 32.2. The van der Waals surface area contributed by atoms with Gasteiger partial charge in [-0.25, -0.2) is 4.79 Å². The maximum atomic E-state index is 12.2. The van der Waals surface area contributed by atoms with Gasteiger partial charge >= 0.3 is 6.03 Å². The average molecular weight is 279 g/mol. The van der Waals surface area contributed by atoms with Crippen LogP contribution in [0.5, 0.6) is 0 Å². The number of hydrogen-bond donors (Lipinski definition) is 2. The summed E-state index contributed by atoms with van der Waals surface area (Å²) in [5.74, 6) is 1.01. The van der Waals surface area contributed by atoms with Crippen molar-refractivity contribution >= 4 is 23.5 Å². The Morgan fingerprint density at radius 3 is 3.05 bits per heavy atom. The van der Waals surface area contributed by atoms with Crippen LogP contribution < -0.4 is 11.1 Å². The van der Waals surface area contributed by atoms with E-state index < -0.39 is 0 Å². The number of benzene rings is 1. The molecule has 1 heterocycles. The predicted octanol–water partition coefficient (Wildman–Crippen LogP) is 2.68. The molecule has 5 heteroatoms. The molecular formula is C14H21N3OS. The van der Waals surface area contributed by atoms with Gasteiger partial charge in [-0.3, -0.25) is 0 Å². The second-order valence-corrected chi connectivity index (χ2v) is 6.52. The maximum Gasteiger partial charge on any atom is 0.321 e. The first-order chi connectivity index (χ1) is 9.06. The molecule has 0 aliphatic carbocycles. The Morgan fingerprint density at radius 1 is 1.58 bits per heavy atom. The molecule has 1 aliphatic heterocycles. The molecule has 1 aliphatic rings. The van der Waals surface area contributed by atoms with E-state index in [0.717, 1.165) is 30.1 Å². The number of nitrogens with two attached hydrogens (primary N) is 1. The zero-order chi connectivity index (χ0) is 13.8. The van der Waals surface area contributed by atoms with Crippen molar-refractivity contribution in [3.05, 3.63) is 29.8 Å². The molecular weight excluding hydrogens is 258 g/mol. The fourth-order valence-electron chi connectivity index (χ4n) is 2.11. The highest BCUT2D eigenvalue weighted by Gasteiger charge is 2.21. The van der Waals surface area contributed by atoms with Crippen LogP contribution in [0.1, 0.15) is 25.5 Å². The fourth-order valence-corrected chi connectivity index (χ4v) is 3.12. The van der Waals surface area contributed by atoms with Gasteiger partial charge in [0.05, 0.1) is 0 Å². The number of carbonyl (C=O) groups is 1. The Kier molecular flexibility index (Phi) is 4.71. The largest absolute Gasteiger partial charge is 0.324 e. The van der Waals surface area contributed by atoms with Crippen LogP contribution >= 0.6 is 11.8 Å². The number of carbonyl (C=O) groups excluding carboxylic acids is 1. The smallest absolute Gasteiger partial charge is 0.321 e. The molecule has 2 unspecified atom stereocenters. The highest BCUT2D eigenvalue weighted by molar-refractivity contribution is 7.99. The Morgan fingerprint density at radius 2 is 2.37 bits per heavy atom. The molecule has 2 amide bonds. The van der Waals surface area contributed by atoms with Crippen LogP contribution in [0, 0.1) is 0 Å². The number of anilines is 1.